The van der Waals surface area contributed by atoms with E-state index in [0.29, 0.717) is 24.5 Å². The molecule has 1 unspecified atom stereocenters. The molecular weight excluding hydrogens is 345 g/mol. The van der Waals surface area contributed by atoms with E-state index in [1.54, 1.807) is 14.2 Å². The zero-order valence-corrected chi connectivity index (χ0v) is 15.9. The van der Waals surface area contributed by atoms with E-state index < -0.39 is 0 Å². The van der Waals surface area contributed by atoms with E-state index in [-0.39, 0.29) is 17.6 Å². The van der Waals surface area contributed by atoms with Crippen LogP contribution in [0.4, 0.5) is 4.39 Å². The molecule has 1 fully saturated rings. The van der Waals surface area contributed by atoms with E-state index in [9.17, 15) is 9.18 Å². The topological polar surface area (TPSA) is 38.8 Å². The number of likely N-dealkylation sites (tertiary alicyclic amines) is 1. The number of benzene rings is 2. The predicted molar refractivity (Wildman–Crippen MR) is 103 cm³/mol. The molecule has 1 atom stereocenters. The molecular formula is C22H26FNO3. The van der Waals surface area contributed by atoms with Gasteiger partial charge in [-0.05, 0) is 48.2 Å². The van der Waals surface area contributed by atoms with Crippen LogP contribution >= 0.6 is 0 Å². The highest BCUT2D eigenvalue weighted by atomic mass is 19.1. The highest BCUT2D eigenvalue weighted by molar-refractivity contribution is 5.79. The van der Waals surface area contributed by atoms with Crippen molar-refractivity contribution >= 4 is 5.91 Å². The van der Waals surface area contributed by atoms with E-state index in [4.69, 9.17) is 9.47 Å². The van der Waals surface area contributed by atoms with Crippen molar-refractivity contribution in [1.29, 1.82) is 0 Å². The molecule has 2 aromatic rings. The molecule has 2 aromatic carbocycles. The SMILES string of the molecule is COc1ccc(CC(=O)N2CCCCC(c3ccc(F)cc3)C2)cc1OC. The largest absolute Gasteiger partial charge is 0.493 e. The van der Waals surface area contributed by atoms with Crippen molar-refractivity contribution in [2.75, 3.05) is 27.3 Å². The molecule has 27 heavy (non-hydrogen) atoms. The summed E-state index contributed by atoms with van der Waals surface area (Å²) >= 11 is 0. The number of carbonyl (C=O) groups excluding carboxylic acids is 1. The van der Waals surface area contributed by atoms with Crippen LogP contribution in [0, 0.1) is 5.82 Å². The Kier molecular flexibility index (Phi) is 6.32. The first-order valence-electron chi connectivity index (χ1n) is 9.35. The number of halogens is 1. The van der Waals surface area contributed by atoms with Crippen LogP contribution in [0.5, 0.6) is 11.5 Å². The van der Waals surface area contributed by atoms with Gasteiger partial charge in [-0.1, -0.05) is 24.6 Å². The lowest BCUT2D eigenvalue weighted by molar-refractivity contribution is -0.130. The zero-order valence-electron chi connectivity index (χ0n) is 15.9. The van der Waals surface area contributed by atoms with Gasteiger partial charge in [-0.15, -0.1) is 0 Å². The minimum absolute atomic E-state index is 0.108. The number of rotatable bonds is 5. The lowest BCUT2D eigenvalue weighted by Crippen LogP contribution is -2.35. The molecule has 1 saturated heterocycles. The van der Waals surface area contributed by atoms with Gasteiger partial charge in [-0.25, -0.2) is 4.39 Å². The third-order valence-electron chi connectivity index (χ3n) is 5.17. The van der Waals surface area contributed by atoms with Gasteiger partial charge in [0, 0.05) is 19.0 Å². The molecule has 144 valence electrons. The van der Waals surface area contributed by atoms with Crippen LogP contribution in [0.1, 0.15) is 36.3 Å². The monoisotopic (exact) mass is 371 g/mol. The molecule has 0 radical (unpaired) electrons. The Labute approximate surface area is 159 Å². The van der Waals surface area contributed by atoms with Gasteiger partial charge in [0.05, 0.1) is 20.6 Å². The van der Waals surface area contributed by atoms with Crippen molar-refractivity contribution in [3.8, 4) is 11.5 Å². The van der Waals surface area contributed by atoms with Gasteiger partial charge in [-0.2, -0.15) is 0 Å². The van der Waals surface area contributed by atoms with Crippen molar-refractivity contribution in [3.05, 3.63) is 59.4 Å². The third kappa shape index (κ3) is 4.79. The Bertz CT molecular complexity index is 776. The summed E-state index contributed by atoms with van der Waals surface area (Å²) in [7, 11) is 3.18. The van der Waals surface area contributed by atoms with E-state index in [2.05, 4.69) is 0 Å². The van der Waals surface area contributed by atoms with Crippen LogP contribution in [0.25, 0.3) is 0 Å². The molecule has 0 bridgehead atoms. The molecule has 0 aromatic heterocycles. The van der Waals surface area contributed by atoms with Crippen LogP contribution in [-0.2, 0) is 11.2 Å². The Morgan fingerprint density at radius 2 is 1.81 bits per heavy atom. The number of nitrogens with zero attached hydrogens (tertiary/aromatic N) is 1. The Morgan fingerprint density at radius 3 is 2.52 bits per heavy atom. The first kappa shape index (κ1) is 19.2. The fourth-order valence-electron chi connectivity index (χ4n) is 3.65. The third-order valence-corrected chi connectivity index (χ3v) is 5.17. The van der Waals surface area contributed by atoms with Crippen LogP contribution < -0.4 is 9.47 Å². The number of methoxy groups -OCH3 is 2. The predicted octanol–water partition coefficient (Wildman–Crippen LogP) is 4.18. The van der Waals surface area contributed by atoms with Gasteiger partial charge in [0.25, 0.3) is 0 Å². The minimum Gasteiger partial charge on any atom is -0.493 e. The molecule has 3 rings (SSSR count). The number of amides is 1. The Balaban J connectivity index is 1.70. The van der Waals surface area contributed by atoms with Crippen molar-refractivity contribution < 1.29 is 18.7 Å². The van der Waals surface area contributed by atoms with Crippen molar-refractivity contribution in [3.63, 3.8) is 0 Å². The molecule has 0 N–H and O–H groups in total. The summed E-state index contributed by atoms with van der Waals surface area (Å²) in [5.41, 5.74) is 2.00. The molecule has 4 nitrogen and oxygen atoms in total. The van der Waals surface area contributed by atoms with E-state index in [1.807, 2.05) is 35.2 Å². The first-order valence-corrected chi connectivity index (χ1v) is 9.35. The Hall–Kier alpha value is -2.56. The van der Waals surface area contributed by atoms with Gasteiger partial charge in [-0.3, -0.25) is 4.79 Å². The summed E-state index contributed by atoms with van der Waals surface area (Å²) in [5, 5.41) is 0. The first-order chi connectivity index (χ1) is 13.1. The molecule has 1 aliphatic heterocycles. The normalized spacial score (nSPS) is 17.3. The van der Waals surface area contributed by atoms with Crippen LogP contribution in [0.15, 0.2) is 42.5 Å². The molecule has 5 heteroatoms. The lowest BCUT2D eigenvalue weighted by atomic mass is 9.94. The fourth-order valence-corrected chi connectivity index (χ4v) is 3.65. The van der Waals surface area contributed by atoms with E-state index in [1.165, 1.54) is 12.1 Å². The van der Waals surface area contributed by atoms with Crippen molar-refractivity contribution in [1.82, 2.24) is 4.90 Å². The number of hydrogen-bond donors (Lipinski definition) is 0. The van der Waals surface area contributed by atoms with Crippen molar-refractivity contribution in [2.24, 2.45) is 0 Å². The van der Waals surface area contributed by atoms with Gasteiger partial charge >= 0.3 is 0 Å². The van der Waals surface area contributed by atoms with Gasteiger partial charge in [0.2, 0.25) is 5.91 Å². The summed E-state index contributed by atoms with van der Waals surface area (Å²) in [5.74, 6) is 1.41. The van der Waals surface area contributed by atoms with Gasteiger partial charge < -0.3 is 14.4 Å². The summed E-state index contributed by atoms with van der Waals surface area (Å²) in [6, 6.07) is 12.2. The minimum atomic E-state index is -0.228. The second kappa shape index (κ2) is 8.89. The second-order valence-corrected chi connectivity index (χ2v) is 6.95. The average Bonchev–Trinajstić information content (AvgIpc) is 2.95. The molecule has 1 aliphatic rings. The number of hydrogen-bond acceptors (Lipinski definition) is 3. The van der Waals surface area contributed by atoms with Crippen LogP contribution in [0.3, 0.4) is 0 Å². The maximum Gasteiger partial charge on any atom is 0.227 e. The van der Waals surface area contributed by atoms with Gasteiger partial charge in [0.1, 0.15) is 5.82 Å². The summed E-state index contributed by atoms with van der Waals surface area (Å²) < 4.78 is 23.8. The standard InChI is InChI=1S/C22H26FNO3/c1-26-20-11-6-16(13-21(20)27-2)14-22(25)24-12-4-3-5-18(15-24)17-7-9-19(23)10-8-17/h6-11,13,18H,3-5,12,14-15H2,1-2H3. The number of ether oxygens (including phenoxy) is 2. The highest BCUT2D eigenvalue weighted by Crippen LogP contribution is 2.29. The Morgan fingerprint density at radius 1 is 1.07 bits per heavy atom. The summed E-state index contributed by atoms with van der Waals surface area (Å²) in [6.07, 6.45) is 3.42. The average molecular weight is 371 g/mol. The number of carbonyl (C=O) groups is 1. The lowest BCUT2D eigenvalue weighted by Gasteiger charge is -2.25. The maximum absolute atomic E-state index is 13.2. The molecule has 1 amide bonds. The molecule has 0 spiro atoms. The quantitative estimate of drug-likeness (QED) is 0.791. The molecule has 1 heterocycles. The summed E-state index contributed by atoms with van der Waals surface area (Å²) in [4.78, 5) is 14.8. The van der Waals surface area contributed by atoms with Crippen molar-refractivity contribution in [2.45, 2.75) is 31.6 Å². The summed E-state index contributed by atoms with van der Waals surface area (Å²) in [6.45, 7) is 1.45. The smallest absolute Gasteiger partial charge is 0.227 e. The fraction of sp³-hybridized carbons (Fsp3) is 0.409. The van der Waals surface area contributed by atoms with Crippen LogP contribution in [-0.4, -0.2) is 38.1 Å². The van der Waals surface area contributed by atoms with Gasteiger partial charge in [0.15, 0.2) is 11.5 Å². The highest BCUT2D eigenvalue weighted by Gasteiger charge is 2.23. The maximum atomic E-state index is 13.2. The van der Waals surface area contributed by atoms with E-state index >= 15 is 0 Å². The zero-order chi connectivity index (χ0) is 19.2. The second-order valence-electron chi connectivity index (χ2n) is 6.95. The molecule has 0 saturated carbocycles. The molecule has 0 aliphatic carbocycles. The van der Waals surface area contributed by atoms with E-state index in [0.717, 1.165) is 36.9 Å². The van der Waals surface area contributed by atoms with Crippen LogP contribution in [0.2, 0.25) is 0 Å².